The largest absolute Gasteiger partial charge is 0.381 e. The van der Waals surface area contributed by atoms with Crippen LogP contribution in [0.15, 0.2) is 11.6 Å². The normalized spacial score (nSPS) is 36.7. The molecule has 0 saturated heterocycles. The first-order valence-corrected chi connectivity index (χ1v) is 3.86. The average molecular weight is 168 g/mol. The number of aliphatic hydroxyl groups is 1. The van der Waals surface area contributed by atoms with E-state index in [0.717, 1.165) is 0 Å². The number of ketones is 2. The third-order valence-electron chi connectivity index (χ3n) is 2.45. The molecule has 0 bridgehead atoms. The van der Waals surface area contributed by atoms with E-state index >= 15 is 0 Å². The molecular formula is C9H12O3. The molecule has 0 radical (unpaired) electrons. The molecule has 0 spiro atoms. The second-order valence-electron chi connectivity index (χ2n) is 3.43. The van der Waals surface area contributed by atoms with E-state index in [1.165, 1.54) is 13.0 Å². The number of hydrogen-bond acceptors (Lipinski definition) is 3. The van der Waals surface area contributed by atoms with E-state index < -0.39 is 11.5 Å². The predicted molar refractivity (Wildman–Crippen MR) is 43.6 cm³/mol. The summed E-state index contributed by atoms with van der Waals surface area (Å²) >= 11 is 0. The zero-order valence-electron chi connectivity index (χ0n) is 7.42. The summed E-state index contributed by atoms with van der Waals surface area (Å²) in [7, 11) is 0. The number of rotatable bonds is 0. The molecule has 0 aliphatic heterocycles. The minimum Gasteiger partial charge on any atom is -0.381 e. The van der Waals surface area contributed by atoms with Crippen LogP contribution in [0, 0.1) is 5.92 Å². The Morgan fingerprint density at radius 3 is 2.50 bits per heavy atom. The lowest BCUT2D eigenvalue weighted by Crippen LogP contribution is -2.48. The molecule has 0 saturated carbocycles. The van der Waals surface area contributed by atoms with Gasteiger partial charge in [0.15, 0.2) is 11.6 Å². The lowest BCUT2D eigenvalue weighted by atomic mass is 9.77. The Balaban J connectivity index is 3.18. The molecule has 3 heteroatoms. The van der Waals surface area contributed by atoms with Gasteiger partial charge in [-0.05, 0) is 25.5 Å². The summed E-state index contributed by atoms with van der Waals surface area (Å²) < 4.78 is 0. The molecule has 0 aromatic rings. The molecular weight excluding hydrogens is 156 g/mol. The van der Waals surface area contributed by atoms with Crippen molar-refractivity contribution in [3.05, 3.63) is 11.6 Å². The molecule has 0 unspecified atom stereocenters. The molecule has 0 aromatic heterocycles. The van der Waals surface area contributed by atoms with Crippen LogP contribution >= 0.6 is 0 Å². The van der Waals surface area contributed by atoms with Gasteiger partial charge in [0.25, 0.3) is 0 Å². The number of carbonyl (C=O) groups excluding carboxylic acids is 2. The Hall–Kier alpha value is -0.960. The standard InChI is InChI=1S/C9H12O3/c1-5-4-7(10)6(2)9(3,12)8(5)11/h4,6,12H,1-3H3/t6-,9-/m1/s1. The Morgan fingerprint density at radius 2 is 2.00 bits per heavy atom. The zero-order valence-corrected chi connectivity index (χ0v) is 7.42. The summed E-state index contributed by atoms with van der Waals surface area (Å²) in [5.74, 6) is -1.17. The summed E-state index contributed by atoms with van der Waals surface area (Å²) in [4.78, 5) is 22.5. The number of carbonyl (C=O) groups is 2. The lowest BCUT2D eigenvalue weighted by molar-refractivity contribution is -0.144. The highest BCUT2D eigenvalue weighted by molar-refractivity contribution is 6.13. The van der Waals surface area contributed by atoms with Crippen LogP contribution < -0.4 is 0 Å². The number of Topliss-reactive ketones (excluding diaryl/α,β-unsaturated/α-hetero) is 1. The van der Waals surface area contributed by atoms with Crippen LogP contribution in [0.25, 0.3) is 0 Å². The zero-order chi connectivity index (χ0) is 9.52. The van der Waals surface area contributed by atoms with Gasteiger partial charge in [0.2, 0.25) is 0 Å². The minimum absolute atomic E-state index is 0.183. The van der Waals surface area contributed by atoms with Crippen LogP contribution in [0.3, 0.4) is 0 Å². The first-order chi connectivity index (χ1) is 5.37. The van der Waals surface area contributed by atoms with Gasteiger partial charge in [-0.2, -0.15) is 0 Å². The van der Waals surface area contributed by atoms with Crippen LogP contribution in [-0.2, 0) is 9.59 Å². The fourth-order valence-electron chi connectivity index (χ4n) is 1.28. The molecule has 12 heavy (non-hydrogen) atoms. The number of hydrogen-bond donors (Lipinski definition) is 1. The second kappa shape index (κ2) is 2.52. The van der Waals surface area contributed by atoms with Crippen molar-refractivity contribution >= 4 is 11.6 Å². The van der Waals surface area contributed by atoms with Gasteiger partial charge < -0.3 is 5.11 Å². The van der Waals surface area contributed by atoms with E-state index in [-0.39, 0.29) is 11.6 Å². The highest BCUT2D eigenvalue weighted by Crippen LogP contribution is 2.27. The molecule has 2 atom stereocenters. The summed E-state index contributed by atoms with van der Waals surface area (Å²) in [6.07, 6.45) is 1.30. The van der Waals surface area contributed by atoms with Gasteiger partial charge in [0.1, 0.15) is 5.60 Å². The fraction of sp³-hybridized carbons (Fsp3) is 0.556. The van der Waals surface area contributed by atoms with Crippen molar-refractivity contribution in [3.63, 3.8) is 0 Å². The van der Waals surface area contributed by atoms with E-state index in [1.54, 1.807) is 13.8 Å². The van der Waals surface area contributed by atoms with Crippen LogP contribution in [0.2, 0.25) is 0 Å². The van der Waals surface area contributed by atoms with Crippen molar-refractivity contribution < 1.29 is 14.7 Å². The van der Waals surface area contributed by atoms with Crippen LogP contribution in [0.5, 0.6) is 0 Å². The quantitative estimate of drug-likeness (QED) is 0.572. The van der Waals surface area contributed by atoms with Gasteiger partial charge in [-0.3, -0.25) is 9.59 Å². The molecule has 0 heterocycles. The third-order valence-corrected chi connectivity index (χ3v) is 2.45. The molecule has 1 rings (SSSR count). The summed E-state index contributed by atoms with van der Waals surface area (Å²) in [5, 5.41) is 9.64. The average Bonchev–Trinajstić information content (AvgIpc) is 1.99. The van der Waals surface area contributed by atoms with Crippen molar-refractivity contribution in [2.45, 2.75) is 26.4 Å². The van der Waals surface area contributed by atoms with Gasteiger partial charge in [-0.25, -0.2) is 0 Å². The lowest BCUT2D eigenvalue weighted by Gasteiger charge is -2.30. The fourth-order valence-corrected chi connectivity index (χ4v) is 1.28. The molecule has 3 nitrogen and oxygen atoms in total. The molecule has 1 N–H and O–H groups in total. The molecule has 0 amide bonds. The maximum atomic E-state index is 11.3. The van der Waals surface area contributed by atoms with Crippen LogP contribution in [0.1, 0.15) is 20.8 Å². The van der Waals surface area contributed by atoms with Crippen molar-refractivity contribution in [1.82, 2.24) is 0 Å². The van der Waals surface area contributed by atoms with Crippen LogP contribution in [0.4, 0.5) is 0 Å². The Bertz CT molecular complexity index is 273. The van der Waals surface area contributed by atoms with Gasteiger partial charge >= 0.3 is 0 Å². The summed E-state index contributed by atoms with van der Waals surface area (Å²) in [6.45, 7) is 4.48. The first-order valence-electron chi connectivity index (χ1n) is 3.86. The SMILES string of the molecule is CC1=CC(=O)[C@@H](C)[C@@](C)(O)C1=O. The maximum Gasteiger partial charge on any atom is 0.190 e. The van der Waals surface area contributed by atoms with E-state index in [1.807, 2.05) is 0 Å². The van der Waals surface area contributed by atoms with E-state index in [9.17, 15) is 14.7 Å². The van der Waals surface area contributed by atoms with Crippen LogP contribution in [-0.4, -0.2) is 22.3 Å². The molecule has 1 aliphatic carbocycles. The van der Waals surface area contributed by atoms with Gasteiger partial charge in [-0.15, -0.1) is 0 Å². The van der Waals surface area contributed by atoms with Crippen molar-refractivity contribution in [3.8, 4) is 0 Å². The van der Waals surface area contributed by atoms with Crippen molar-refractivity contribution in [1.29, 1.82) is 0 Å². The smallest absolute Gasteiger partial charge is 0.190 e. The van der Waals surface area contributed by atoms with Gasteiger partial charge in [0, 0.05) is 0 Å². The Morgan fingerprint density at radius 1 is 1.50 bits per heavy atom. The van der Waals surface area contributed by atoms with Gasteiger partial charge in [0.05, 0.1) is 5.92 Å². The first kappa shape index (κ1) is 9.13. The highest BCUT2D eigenvalue weighted by atomic mass is 16.3. The predicted octanol–water partition coefficient (Wildman–Crippen LogP) is 0.472. The third kappa shape index (κ3) is 1.10. The molecule has 0 aromatic carbocycles. The monoisotopic (exact) mass is 168 g/mol. The molecule has 0 fully saturated rings. The Labute approximate surface area is 71.1 Å². The summed E-state index contributed by atoms with van der Waals surface area (Å²) in [6, 6.07) is 0. The highest BCUT2D eigenvalue weighted by Gasteiger charge is 2.43. The van der Waals surface area contributed by atoms with Gasteiger partial charge in [-0.1, -0.05) is 6.92 Å². The summed E-state index contributed by atoms with van der Waals surface area (Å²) in [5.41, 5.74) is -1.18. The molecule has 66 valence electrons. The van der Waals surface area contributed by atoms with E-state index in [0.29, 0.717) is 5.57 Å². The molecule has 1 aliphatic rings. The topological polar surface area (TPSA) is 54.4 Å². The van der Waals surface area contributed by atoms with Crippen molar-refractivity contribution in [2.24, 2.45) is 5.92 Å². The Kier molecular flexibility index (Phi) is 1.92. The minimum atomic E-state index is -1.52. The van der Waals surface area contributed by atoms with Crippen molar-refractivity contribution in [2.75, 3.05) is 0 Å². The van der Waals surface area contributed by atoms with E-state index in [2.05, 4.69) is 0 Å². The second-order valence-corrected chi connectivity index (χ2v) is 3.43. The number of allylic oxidation sites excluding steroid dienone is 1. The van der Waals surface area contributed by atoms with E-state index in [4.69, 9.17) is 0 Å². The maximum absolute atomic E-state index is 11.3.